The van der Waals surface area contributed by atoms with Crippen molar-refractivity contribution in [1.82, 2.24) is 0 Å². The van der Waals surface area contributed by atoms with Gasteiger partial charge in [0.05, 0.1) is 16.9 Å². The van der Waals surface area contributed by atoms with E-state index in [4.69, 9.17) is 4.42 Å². The molecular formula is C20H13F4NO. The Bertz CT molecular complexity index is 1110. The first kappa shape index (κ1) is 16.4. The molecule has 0 aliphatic heterocycles. The lowest BCUT2D eigenvalue weighted by atomic mass is 10.1. The van der Waals surface area contributed by atoms with Crippen molar-refractivity contribution >= 4 is 33.3 Å². The van der Waals surface area contributed by atoms with Gasteiger partial charge in [-0.3, -0.25) is 0 Å². The molecule has 4 rings (SSSR count). The first-order valence-corrected chi connectivity index (χ1v) is 7.87. The molecule has 0 saturated heterocycles. The first-order valence-electron chi connectivity index (χ1n) is 7.87. The van der Waals surface area contributed by atoms with Crippen molar-refractivity contribution in [2.24, 2.45) is 0 Å². The van der Waals surface area contributed by atoms with Gasteiger partial charge in [-0.25, -0.2) is 4.39 Å². The Balaban J connectivity index is 1.96. The van der Waals surface area contributed by atoms with Gasteiger partial charge in [0.2, 0.25) is 0 Å². The minimum Gasteiger partial charge on any atom is -0.451 e. The van der Waals surface area contributed by atoms with Crippen LogP contribution in [0.5, 0.6) is 0 Å². The third-order valence-electron chi connectivity index (χ3n) is 4.39. The van der Waals surface area contributed by atoms with Crippen molar-refractivity contribution < 1.29 is 22.0 Å². The van der Waals surface area contributed by atoms with Crippen molar-refractivity contribution in [3.05, 3.63) is 72.0 Å². The minimum atomic E-state index is -4.49. The third kappa shape index (κ3) is 2.49. The zero-order valence-electron chi connectivity index (χ0n) is 13.6. The molecule has 4 aromatic rings. The van der Waals surface area contributed by atoms with Crippen LogP contribution >= 0.6 is 0 Å². The topological polar surface area (TPSA) is 16.4 Å². The van der Waals surface area contributed by atoms with Gasteiger partial charge < -0.3 is 9.32 Å². The van der Waals surface area contributed by atoms with Gasteiger partial charge in [0, 0.05) is 17.8 Å². The fourth-order valence-electron chi connectivity index (χ4n) is 3.17. The van der Waals surface area contributed by atoms with Gasteiger partial charge in [0.1, 0.15) is 0 Å². The lowest BCUT2D eigenvalue weighted by Crippen LogP contribution is -2.16. The second-order valence-corrected chi connectivity index (χ2v) is 5.95. The average molecular weight is 359 g/mol. The molecule has 132 valence electrons. The quantitative estimate of drug-likeness (QED) is 0.379. The van der Waals surface area contributed by atoms with Crippen molar-refractivity contribution in [1.29, 1.82) is 0 Å². The van der Waals surface area contributed by atoms with Gasteiger partial charge in [-0.2, -0.15) is 13.2 Å². The summed E-state index contributed by atoms with van der Waals surface area (Å²) >= 11 is 0. The molecule has 0 fully saturated rings. The van der Waals surface area contributed by atoms with E-state index in [1.165, 1.54) is 30.1 Å². The zero-order valence-corrected chi connectivity index (χ0v) is 13.6. The SMILES string of the molecule is CN(c1ccccc1C(F)(F)F)c1cccc2c1oc1c(F)cccc12. The van der Waals surface area contributed by atoms with E-state index >= 15 is 0 Å². The van der Waals surface area contributed by atoms with Crippen molar-refractivity contribution in [2.75, 3.05) is 11.9 Å². The van der Waals surface area contributed by atoms with Gasteiger partial charge in [0.15, 0.2) is 17.0 Å². The molecule has 0 saturated carbocycles. The monoisotopic (exact) mass is 359 g/mol. The van der Waals surface area contributed by atoms with Crippen LogP contribution in [-0.2, 0) is 6.18 Å². The summed E-state index contributed by atoms with van der Waals surface area (Å²) in [6, 6.07) is 15.0. The number of para-hydroxylation sites is 3. The molecule has 2 nitrogen and oxygen atoms in total. The van der Waals surface area contributed by atoms with Crippen LogP contribution in [0.2, 0.25) is 0 Å². The fraction of sp³-hybridized carbons (Fsp3) is 0.100. The molecule has 1 heterocycles. The number of nitrogens with zero attached hydrogens (tertiary/aromatic N) is 1. The van der Waals surface area contributed by atoms with E-state index in [1.807, 2.05) is 0 Å². The lowest BCUT2D eigenvalue weighted by molar-refractivity contribution is -0.137. The largest absolute Gasteiger partial charge is 0.451 e. The normalized spacial score (nSPS) is 12.0. The van der Waals surface area contributed by atoms with E-state index in [0.29, 0.717) is 22.0 Å². The van der Waals surface area contributed by atoms with E-state index < -0.39 is 17.6 Å². The van der Waals surface area contributed by atoms with Gasteiger partial charge in [-0.15, -0.1) is 0 Å². The Labute approximate surface area is 146 Å². The Morgan fingerprint density at radius 1 is 0.769 bits per heavy atom. The number of benzene rings is 3. The summed E-state index contributed by atoms with van der Waals surface area (Å²) in [5, 5.41) is 1.23. The van der Waals surface area contributed by atoms with Crippen molar-refractivity contribution in [2.45, 2.75) is 6.18 Å². The highest BCUT2D eigenvalue weighted by Crippen LogP contribution is 2.42. The smallest absolute Gasteiger partial charge is 0.418 e. The molecule has 0 amide bonds. The molecule has 0 atom stereocenters. The second kappa shape index (κ2) is 5.76. The molecule has 0 bridgehead atoms. The van der Waals surface area contributed by atoms with Crippen LogP contribution in [0.1, 0.15) is 5.56 Å². The predicted molar refractivity (Wildman–Crippen MR) is 93.2 cm³/mol. The summed E-state index contributed by atoms with van der Waals surface area (Å²) in [5.74, 6) is -0.511. The average Bonchev–Trinajstić information content (AvgIpc) is 3.01. The maximum atomic E-state index is 14.0. The number of halogens is 4. The zero-order chi connectivity index (χ0) is 18.5. The predicted octanol–water partition coefficient (Wildman–Crippen LogP) is 6.51. The molecule has 1 aromatic heterocycles. The Hall–Kier alpha value is -3.02. The van der Waals surface area contributed by atoms with E-state index in [9.17, 15) is 17.6 Å². The van der Waals surface area contributed by atoms with Crippen LogP contribution in [0.4, 0.5) is 28.9 Å². The molecule has 26 heavy (non-hydrogen) atoms. The lowest BCUT2D eigenvalue weighted by Gasteiger charge is -2.23. The third-order valence-corrected chi connectivity index (χ3v) is 4.39. The maximum Gasteiger partial charge on any atom is 0.418 e. The van der Waals surface area contributed by atoms with Gasteiger partial charge in [-0.05, 0) is 24.3 Å². The van der Waals surface area contributed by atoms with Crippen LogP contribution in [0, 0.1) is 5.82 Å². The highest BCUT2D eigenvalue weighted by Gasteiger charge is 2.34. The van der Waals surface area contributed by atoms with E-state index in [1.54, 1.807) is 36.4 Å². The molecule has 0 N–H and O–H groups in total. The van der Waals surface area contributed by atoms with Gasteiger partial charge in [0.25, 0.3) is 0 Å². The molecule has 0 aliphatic rings. The number of anilines is 2. The summed E-state index contributed by atoms with van der Waals surface area (Å²) in [4.78, 5) is 1.41. The minimum absolute atomic E-state index is 0.00609. The number of rotatable bonds is 2. The Morgan fingerprint density at radius 3 is 2.12 bits per heavy atom. The molecule has 0 radical (unpaired) electrons. The molecule has 6 heteroatoms. The Morgan fingerprint density at radius 2 is 1.38 bits per heavy atom. The number of hydrogen-bond acceptors (Lipinski definition) is 2. The summed E-state index contributed by atoms with van der Waals surface area (Å²) in [7, 11) is 1.53. The van der Waals surface area contributed by atoms with Crippen LogP contribution in [0.3, 0.4) is 0 Å². The van der Waals surface area contributed by atoms with Gasteiger partial charge >= 0.3 is 6.18 Å². The molecule has 0 aliphatic carbocycles. The summed E-state index contributed by atoms with van der Waals surface area (Å²) in [5.41, 5.74) is 0.101. The van der Waals surface area contributed by atoms with E-state index in [2.05, 4.69) is 0 Å². The van der Waals surface area contributed by atoms with Crippen LogP contribution in [0.25, 0.3) is 21.9 Å². The maximum absolute atomic E-state index is 14.0. The highest BCUT2D eigenvalue weighted by atomic mass is 19.4. The van der Waals surface area contributed by atoms with Crippen molar-refractivity contribution in [3.63, 3.8) is 0 Å². The summed E-state index contributed by atoms with van der Waals surface area (Å²) in [6.07, 6.45) is -4.49. The first-order chi connectivity index (χ1) is 12.4. The summed E-state index contributed by atoms with van der Waals surface area (Å²) < 4.78 is 59.8. The Kier molecular flexibility index (Phi) is 3.64. The second-order valence-electron chi connectivity index (χ2n) is 5.95. The summed E-state index contributed by atoms with van der Waals surface area (Å²) in [6.45, 7) is 0. The molecule has 0 unspecified atom stereocenters. The molecular weight excluding hydrogens is 346 g/mol. The fourth-order valence-corrected chi connectivity index (χ4v) is 3.17. The van der Waals surface area contributed by atoms with Crippen LogP contribution in [0.15, 0.2) is 65.1 Å². The number of alkyl halides is 3. The van der Waals surface area contributed by atoms with E-state index in [-0.39, 0.29) is 11.3 Å². The van der Waals surface area contributed by atoms with E-state index in [0.717, 1.165) is 6.07 Å². The number of furan rings is 1. The van der Waals surface area contributed by atoms with Crippen molar-refractivity contribution in [3.8, 4) is 0 Å². The standard InChI is InChI=1S/C20H13F4NO/c1-25(16-10-3-2-8-14(16)20(22,23)24)17-11-5-7-13-12-6-4-9-15(21)18(12)26-19(13)17/h2-11H,1H3. The molecule has 0 spiro atoms. The highest BCUT2D eigenvalue weighted by molar-refractivity contribution is 6.09. The van der Waals surface area contributed by atoms with Crippen LogP contribution in [-0.4, -0.2) is 7.05 Å². The van der Waals surface area contributed by atoms with Gasteiger partial charge in [-0.1, -0.05) is 36.4 Å². The number of fused-ring (bicyclic) bond motifs is 3. The molecule has 3 aromatic carbocycles. The number of hydrogen-bond donors (Lipinski definition) is 0. The van der Waals surface area contributed by atoms with Crippen LogP contribution < -0.4 is 4.90 Å².